The molecule has 0 bridgehead atoms. The zero-order chi connectivity index (χ0) is 21.7. The smallest absolute Gasteiger partial charge is 0.262 e. The number of nitrogens with one attached hydrogen (secondary N) is 1. The molecule has 1 aromatic carbocycles. The summed E-state index contributed by atoms with van der Waals surface area (Å²) in [6, 6.07) is 3.35. The second-order valence-electron chi connectivity index (χ2n) is 7.41. The van der Waals surface area contributed by atoms with Crippen molar-refractivity contribution in [1.82, 2.24) is 19.8 Å². The first-order chi connectivity index (χ1) is 14.5. The molecule has 164 valence electrons. The maximum Gasteiger partial charge on any atom is 0.262 e. The molecule has 1 aliphatic heterocycles. The molecule has 1 amide bonds. The van der Waals surface area contributed by atoms with E-state index in [0.29, 0.717) is 48.0 Å². The molecule has 1 aliphatic rings. The quantitative estimate of drug-likeness (QED) is 0.687. The Morgan fingerprint density at radius 2 is 1.90 bits per heavy atom. The van der Waals surface area contributed by atoms with Gasteiger partial charge in [0.2, 0.25) is 5.91 Å². The van der Waals surface area contributed by atoms with Gasteiger partial charge >= 0.3 is 0 Å². The Morgan fingerprint density at radius 3 is 2.53 bits per heavy atom. The van der Waals surface area contributed by atoms with Crippen LogP contribution in [0.4, 0.5) is 0 Å². The van der Waals surface area contributed by atoms with Gasteiger partial charge < -0.3 is 19.5 Å². The van der Waals surface area contributed by atoms with Crippen molar-refractivity contribution in [3.63, 3.8) is 0 Å². The molecule has 0 aliphatic carbocycles. The molecule has 1 aromatic heterocycles. The number of methoxy groups -OCH3 is 2. The molecule has 0 spiro atoms. The molecule has 0 saturated carbocycles. The summed E-state index contributed by atoms with van der Waals surface area (Å²) in [6.45, 7) is 7.08. The number of carbonyl (C=O) groups is 1. The zero-order valence-corrected chi connectivity index (χ0v) is 18.1. The number of morpholine rings is 1. The average molecular weight is 418 g/mol. The van der Waals surface area contributed by atoms with Crippen molar-refractivity contribution in [3.05, 3.63) is 28.3 Å². The first-order valence-electron chi connectivity index (χ1n) is 10.2. The van der Waals surface area contributed by atoms with E-state index >= 15 is 0 Å². The number of hydrogen-bond acceptors (Lipinski definition) is 7. The van der Waals surface area contributed by atoms with Crippen LogP contribution in [0.15, 0.2) is 16.9 Å². The van der Waals surface area contributed by atoms with Gasteiger partial charge in [0.15, 0.2) is 11.5 Å². The minimum Gasteiger partial charge on any atom is -0.493 e. The Kier molecular flexibility index (Phi) is 7.28. The third kappa shape index (κ3) is 4.91. The molecule has 1 atom stereocenters. The van der Waals surface area contributed by atoms with E-state index in [2.05, 4.69) is 10.2 Å². The highest BCUT2D eigenvalue weighted by molar-refractivity contribution is 5.82. The van der Waals surface area contributed by atoms with Crippen molar-refractivity contribution in [2.75, 3.05) is 40.5 Å². The van der Waals surface area contributed by atoms with E-state index < -0.39 is 0 Å². The lowest BCUT2D eigenvalue weighted by atomic mass is 10.2. The number of aromatic nitrogens is 2. The summed E-state index contributed by atoms with van der Waals surface area (Å²) in [5.41, 5.74) is 0.239. The number of benzene rings is 1. The van der Waals surface area contributed by atoms with Crippen LogP contribution in [0.2, 0.25) is 0 Å². The summed E-state index contributed by atoms with van der Waals surface area (Å²) >= 11 is 0. The molecule has 1 fully saturated rings. The molecular weight excluding hydrogens is 388 g/mol. The Hall–Kier alpha value is -2.65. The molecule has 2 aromatic rings. The first-order valence-corrected chi connectivity index (χ1v) is 10.2. The number of nitrogens with zero attached hydrogens (tertiary/aromatic N) is 3. The predicted molar refractivity (Wildman–Crippen MR) is 113 cm³/mol. The third-order valence-corrected chi connectivity index (χ3v) is 5.33. The summed E-state index contributed by atoms with van der Waals surface area (Å²) in [5.74, 6) is 1.28. The second kappa shape index (κ2) is 9.90. The van der Waals surface area contributed by atoms with Gasteiger partial charge in [-0.1, -0.05) is 6.92 Å². The summed E-state index contributed by atoms with van der Waals surface area (Å²) in [7, 11) is 3.06. The topological polar surface area (TPSA) is 94.9 Å². The maximum atomic E-state index is 13.4. The molecule has 1 unspecified atom stereocenters. The maximum absolute atomic E-state index is 13.4. The van der Waals surface area contributed by atoms with Crippen molar-refractivity contribution in [1.29, 1.82) is 0 Å². The van der Waals surface area contributed by atoms with Gasteiger partial charge in [-0.15, -0.1) is 0 Å². The Labute approximate surface area is 175 Å². The Bertz CT molecular complexity index is 953. The Balaban J connectivity index is 2.06. The van der Waals surface area contributed by atoms with E-state index in [9.17, 15) is 9.59 Å². The highest BCUT2D eigenvalue weighted by atomic mass is 16.5. The van der Waals surface area contributed by atoms with E-state index in [1.165, 1.54) is 11.7 Å². The molecule has 2 heterocycles. The normalized spacial score (nSPS) is 15.7. The first kappa shape index (κ1) is 22.0. The van der Waals surface area contributed by atoms with Gasteiger partial charge in [-0.3, -0.25) is 19.1 Å². The van der Waals surface area contributed by atoms with E-state index in [0.717, 1.165) is 19.5 Å². The molecule has 0 radical (unpaired) electrons. The van der Waals surface area contributed by atoms with Crippen LogP contribution in [-0.4, -0.2) is 66.9 Å². The van der Waals surface area contributed by atoms with Crippen LogP contribution >= 0.6 is 0 Å². The van der Waals surface area contributed by atoms with Crippen molar-refractivity contribution < 1.29 is 19.0 Å². The van der Waals surface area contributed by atoms with Gasteiger partial charge in [0.1, 0.15) is 12.4 Å². The fourth-order valence-corrected chi connectivity index (χ4v) is 3.40. The lowest BCUT2D eigenvalue weighted by molar-refractivity contribution is -0.122. The number of rotatable bonds is 8. The number of amides is 1. The van der Waals surface area contributed by atoms with Crippen molar-refractivity contribution >= 4 is 16.8 Å². The van der Waals surface area contributed by atoms with Gasteiger partial charge in [-0.2, -0.15) is 0 Å². The zero-order valence-electron chi connectivity index (χ0n) is 18.1. The molecule has 30 heavy (non-hydrogen) atoms. The number of hydrogen-bond donors (Lipinski definition) is 1. The van der Waals surface area contributed by atoms with Crippen LogP contribution in [0, 0.1) is 0 Å². The third-order valence-electron chi connectivity index (χ3n) is 5.33. The van der Waals surface area contributed by atoms with Gasteiger partial charge in [-0.05, 0) is 19.4 Å². The largest absolute Gasteiger partial charge is 0.493 e. The van der Waals surface area contributed by atoms with Crippen molar-refractivity contribution in [2.45, 2.75) is 39.4 Å². The van der Waals surface area contributed by atoms with E-state index in [1.807, 2.05) is 13.8 Å². The fourth-order valence-electron chi connectivity index (χ4n) is 3.40. The average Bonchev–Trinajstić information content (AvgIpc) is 2.76. The van der Waals surface area contributed by atoms with Gasteiger partial charge in [0.25, 0.3) is 5.56 Å². The SMILES string of the molecule is CCC(C)NC(=O)Cn1c(CN2CCOCC2)nc2cc(OC)c(OC)cc2c1=O. The monoisotopic (exact) mass is 418 g/mol. The van der Waals surface area contributed by atoms with Crippen LogP contribution in [0.3, 0.4) is 0 Å². The van der Waals surface area contributed by atoms with E-state index in [4.69, 9.17) is 19.2 Å². The fraction of sp³-hybridized carbons (Fsp3) is 0.571. The molecule has 1 saturated heterocycles. The van der Waals surface area contributed by atoms with Crippen LogP contribution < -0.4 is 20.3 Å². The van der Waals surface area contributed by atoms with Crippen molar-refractivity contribution in [2.24, 2.45) is 0 Å². The lowest BCUT2D eigenvalue weighted by Gasteiger charge is -2.27. The predicted octanol–water partition coefficient (Wildman–Crippen LogP) is 1.16. The van der Waals surface area contributed by atoms with Gasteiger partial charge in [-0.25, -0.2) is 4.98 Å². The number of fused-ring (bicyclic) bond motifs is 1. The number of carbonyl (C=O) groups excluding carboxylic acids is 1. The van der Waals surface area contributed by atoms with Crippen molar-refractivity contribution in [3.8, 4) is 11.5 Å². The van der Waals surface area contributed by atoms with E-state index in [-0.39, 0.29) is 24.1 Å². The lowest BCUT2D eigenvalue weighted by Crippen LogP contribution is -2.41. The minimum absolute atomic E-state index is 0.0358. The number of ether oxygens (including phenoxy) is 3. The molecule has 9 nitrogen and oxygen atoms in total. The van der Waals surface area contributed by atoms with Crippen LogP contribution in [0.5, 0.6) is 11.5 Å². The van der Waals surface area contributed by atoms with Crippen LogP contribution in [0.25, 0.3) is 10.9 Å². The standard InChI is InChI=1S/C21H30N4O5/c1-5-14(2)22-20(26)13-25-19(12-24-6-8-30-9-7-24)23-16-11-18(29-4)17(28-3)10-15(16)21(25)27/h10-11,14H,5-9,12-13H2,1-4H3,(H,22,26). The van der Waals surface area contributed by atoms with Gasteiger partial charge in [0, 0.05) is 25.2 Å². The summed E-state index contributed by atoms with van der Waals surface area (Å²) in [5, 5.41) is 3.30. The van der Waals surface area contributed by atoms with E-state index in [1.54, 1.807) is 19.2 Å². The highest BCUT2D eigenvalue weighted by Gasteiger charge is 2.20. The second-order valence-corrected chi connectivity index (χ2v) is 7.41. The minimum atomic E-state index is -0.275. The summed E-state index contributed by atoms with van der Waals surface area (Å²) < 4.78 is 17.6. The highest BCUT2D eigenvalue weighted by Crippen LogP contribution is 2.30. The van der Waals surface area contributed by atoms with Crippen LogP contribution in [-0.2, 0) is 22.6 Å². The molecular formula is C21H30N4O5. The van der Waals surface area contributed by atoms with Crippen LogP contribution in [0.1, 0.15) is 26.1 Å². The molecule has 3 rings (SSSR count). The van der Waals surface area contributed by atoms with Gasteiger partial charge in [0.05, 0.1) is 44.9 Å². The summed E-state index contributed by atoms with van der Waals surface area (Å²) in [4.78, 5) is 32.8. The Morgan fingerprint density at radius 1 is 1.23 bits per heavy atom. The molecule has 9 heteroatoms. The molecule has 1 N–H and O–H groups in total. The summed E-state index contributed by atoms with van der Waals surface area (Å²) in [6.07, 6.45) is 0.814.